The van der Waals surface area contributed by atoms with Crippen LogP contribution in [0.15, 0.2) is 89.9 Å². The number of nitrogens with one attached hydrogen (secondary N) is 1. The van der Waals surface area contributed by atoms with Crippen LogP contribution in [0.25, 0.3) is 0 Å². The first kappa shape index (κ1) is 25.2. The van der Waals surface area contributed by atoms with Crippen molar-refractivity contribution in [2.75, 3.05) is 0 Å². The minimum absolute atomic E-state index is 0.0624. The molecule has 0 fully saturated rings. The van der Waals surface area contributed by atoms with Gasteiger partial charge in [0.05, 0.1) is 24.0 Å². The summed E-state index contributed by atoms with van der Waals surface area (Å²) in [4.78, 5) is 33.1. The lowest BCUT2D eigenvalue weighted by Crippen LogP contribution is -2.52. The average Bonchev–Trinajstić information content (AvgIpc) is 2.91. The summed E-state index contributed by atoms with van der Waals surface area (Å²) in [5, 5.41) is 3.07. The molecule has 0 aliphatic carbocycles. The Bertz CT molecular complexity index is 1240. The van der Waals surface area contributed by atoms with Crippen molar-refractivity contribution in [3.05, 3.63) is 107 Å². The van der Waals surface area contributed by atoms with E-state index < -0.39 is 11.6 Å². The largest absolute Gasteiger partial charge is 0.369 e. The first-order valence-corrected chi connectivity index (χ1v) is 12.6. The van der Waals surface area contributed by atoms with E-state index in [0.717, 1.165) is 29.5 Å². The van der Waals surface area contributed by atoms with E-state index in [2.05, 4.69) is 5.32 Å². The minimum atomic E-state index is -0.492. The highest BCUT2D eigenvalue weighted by atomic mass is 16.2. The molecular formula is C30H34N4O2. The number of nitrogens with zero attached hydrogens (tertiary/aromatic N) is 2. The number of amides is 2. The quantitative estimate of drug-likeness (QED) is 0.452. The molecule has 3 aromatic carbocycles. The Morgan fingerprint density at radius 2 is 1.53 bits per heavy atom. The first-order chi connectivity index (χ1) is 17.4. The lowest BCUT2D eigenvalue weighted by molar-refractivity contribution is -0.131. The van der Waals surface area contributed by atoms with Gasteiger partial charge in [-0.25, -0.2) is 4.99 Å². The molecule has 6 heteroatoms. The van der Waals surface area contributed by atoms with Crippen LogP contribution in [0.4, 0.5) is 0 Å². The molecule has 36 heavy (non-hydrogen) atoms. The molecule has 1 aliphatic rings. The van der Waals surface area contributed by atoms with Crippen molar-refractivity contribution in [3.63, 3.8) is 0 Å². The maximum Gasteiger partial charge on any atom is 0.251 e. The topological polar surface area (TPSA) is 87.8 Å². The molecule has 2 amide bonds. The lowest BCUT2D eigenvalue weighted by Gasteiger charge is -2.40. The van der Waals surface area contributed by atoms with Crippen molar-refractivity contribution in [1.82, 2.24) is 10.2 Å². The van der Waals surface area contributed by atoms with Gasteiger partial charge in [0, 0.05) is 5.56 Å². The van der Waals surface area contributed by atoms with Gasteiger partial charge >= 0.3 is 0 Å². The normalized spacial score (nSPS) is 16.7. The summed E-state index contributed by atoms with van der Waals surface area (Å²) in [7, 11) is 0. The summed E-state index contributed by atoms with van der Waals surface area (Å²) >= 11 is 0. The predicted molar refractivity (Wildman–Crippen MR) is 143 cm³/mol. The number of hydrogen-bond acceptors (Lipinski definition) is 4. The standard InChI is InChI=1S/C30H34N4O2/c1-4-30(5-2)20-26(35)34(29(31)33-30)27(23-15-10-7-11-16-23)24-17-12-18-25(19-24)28(36)32-21(3)22-13-8-6-9-14-22/h6-19,21,27H,4-5,20H2,1-3H3,(H2,31,33)(H,32,36)/t21-,27+/m0/s1. The van der Waals surface area contributed by atoms with Crippen molar-refractivity contribution in [2.45, 2.75) is 57.7 Å². The molecule has 186 valence electrons. The second-order valence-electron chi connectivity index (χ2n) is 9.39. The summed E-state index contributed by atoms with van der Waals surface area (Å²) in [5.74, 6) is -0.0217. The molecule has 0 aromatic heterocycles. The first-order valence-electron chi connectivity index (χ1n) is 12.6. The maximum absolute atomic E-state index is 13.5. The molecule has 0 bridgehead atoms. The van der Waals surface area contributed by atoms with Crippen LogP contribution in [0.1, 0.15) is 79.2 Å². The maximum atomic E-state index is 13.5. The minimum Gasteiger partial charge on any atom is -0.369 e. The fourth-order valence-corrected chi connectivity index (χ4v) is 4.85. The summed E-state index contributed by atoms with van der Waals surface area (Å²) < 4.78 is 0. The van der Waals surface area contributed by atoms with Crippen LogP contribution in [0, 0.1) is 0 Å². The van der Waals surface area contributed by atoms with Gasteiger partial charge in [0.1, 0.15) is 0 Å². The van der Waals surface area contributed by atoms with E-state index >= 15 is 0 Å². The van der Waals surface area contributed by atoms with Gasteiger partial charge in [-0.3, -0.25) is 14.5 Å². The molecule has 4 rings (SSSR count). The lowest BCUT2D eigenvalue weighted by atomic mass is 9.86. The average molecular weight is 483 g/mol. The van der Waals surface area contributed by atoms with E-state index in [1.54, 1.807) is 11.0 Å². The van der Waals surface area contributed by atoms with Crippen LogP contribution < -0.4 is 11.1 Å². The van der Waals surface area contributed by atoms with Crippen LogP contribution in [0.5, 0.6) is 0 Å². The van der Waals surface area contributed by atoms with Gasteiger partial charge in [-0.2, -0.15) is 0 Å². The van der Waals surface area contributed by atoms with Gasteiger partial charge in [0.2, 0.25) is 5.91 Å². The van der Waals surface area contributed by atoms with Crippen LogP contribution in [-0.4, -0.2) is 28.2 Å². The summed E-state index contributed by atoms with van der Waals surface area (Å²) in [6, 6.07) is 26.3. The van der Waals surface area contributed by atoms with E-state index in [0.29, 0.717) is 12.0 Å². The van der Waals surface area contributed by atoms with Gasteiger partial charge in [-0.1, -0.05) is 86.6 Å². The number of guanidine groups is 1. The zero-order chi connectivity index (χ0) is 25.7. The Labute approximate surface area is 213 Å². The van der Waals surface area contributed by atoms with E-state index in [4.69, 9.17) is 10.7 Å². The molecule has 3 N–H and O–H groups in total. The Kier molecular flexibility index (Phi) is 7.53. The number of aliphatic imine (C=N–C) groups is 1. The van der Waals surface area contributed by atoms with E-state index in [1.165, 1.54) is 0 Å². The van der Waals surface area contributed by atoms with Crippen LogP contribution in [-0.2, 0) is 4.79 Å². The Hall–Kier alpha value is -3.93. The Morgan fingerprint density at radius 1 is 0.944 bits per heavy atom. The second-order valence-corrected chi connectivity index (χ2v) is 9.39. The molecule has 3 aromatic rings. The van der Waals surface area contributed by atoms with Gasteiger partial charge in [-0.15, -0.1) is 0 Å². The van der Waals surface area contributed by atoms with Crippen molar-refractivity contribution >= 4 is 17.8 Å². The van der Waals surface area contributed by atoms with Gasteiger partial charge < -0.3 is 11.1 Å². The number of carbonyl (C=O) groups is 2. The van der Waals surface area contributed by atoms with E-state index in [-0.39, 0.29) is 23.8 Å². The van der Waals surface area contributed by atoms with Crippen molar-refractivity contribution in [1.29, 1.82) is 0 Å². The highest BCUT2D eigenvalue weighted by molar-refractivity contribution is 6.00. The molecule has 0 saturated heterocycles. The SMILES string of the molecule is CCC1(CC)CC(=O)N([C@H](c2ccccc2)c2cccc(C(=O)N[C@@H](C)c3ccccc3)c2)C(N)=N1. The van der Waals surface area contributed by atoms with E-state index in [9.17, 15) is 9.59 Å². The van der Waals surface area contributed by atoms with E-state index in [1.807, 2.05) is 99.6 Å². The number of carbonyl (C=O) groups excluding carboxylic acids is 2. The van der Waals surface area contributed by atoms with Crippen LogP contribution in [0.3, 0.4) is 0 Å². The monoisotopic (exact) mass is 482 g/mol. The number of benzene rings is 3. The van der Waals surface area contributed by atoms with Crippen molar-refractivity contribution in [2.24, 2.45) is 10.7 Å². The number of nitrogens with two attached hydrogens (primary N) is 1. The molecule has 1 heterocycles. The summed E-state index contributed by atoms with van der Waals surface area (Å²) in [6.07, 6.45) is 1.79. The molecule has 0 radical (unpaired) electrons. The molecule has 6 nitrogen and oxygen atoms in total. The zero-order valence-electron chi connectivity index (χ0n) is 21.1. The van der Waals surface area contributed by atoms with Crippen LogP contribution >= 0.6 is 0 Å². The Balaban J connectivity index is 1.70. The molecule has 2 atom stereocenters. The highest BCUT2D eigenvalue weighted by Gasteiger charge is 2.40. The summed E-state index contributed by atoms with van der Waals surface area (Å²) in [6.45, 7) is 6.04. The third-order valence-corrected chi connectivity index (χ3v) is 7.15. The second kappa shape index (κ2) is 10.8. The van der Waals surface area contributed by atoms with Crippen molar-refractivity contribution in [3.8, 4) is 0 Å². The molecule has 0 unspecified atom stereocenters. The molecular weight excluding hydrogens is 448 g/mol. The van der Waals surface area contributed by atoms with Crippen LogP contribution in [0.2, 0.25) is 0 Å². The molecule has 0 spiro atoms. The third-order valence-electron chi connectivity index (χ3n) is 7.15. The molecule has 0 saturated carbocycles. The number of hydrogen-bond donors (Lipinski definition) is 2. The third kappa shape index (κ3) is 5.18. The fourth-order valence-electron chi connectivity index (χ4n) is 4.85. The summed E-state index contributed by atoms with van der Waals surface area (Å²) in [5.41, 5.74) is 9.26. The van der Waals surface area contributed by atoms with Gasteiger partial charge in [-0.05, 0) is 48.6 Å². The Morgan fingerprint density at radius 3 is 2.11 bits per heavy atom. The predicted octanol–water partition coefficient (Wildman–Crippen LogP) is 5.37. The smallest absolute Gasteiger partial charge is 0.251 e. The van der Waals surface area contributed by atoms with Crippen molar-refractivity contribution < 1.29 is 9.59 Å². The van der Waals surface area contributed by atoms with Gasteiger partial charge in [0.25, 0.3) is 5.91 Å². The zero-order valence-corrected chi connectivity index (χ0v) is 21.1. The number of rotatable bonds is 8. The fraction of sp³-hybridized carbons (Fsp3) is 0.300. The highest BCUT2D eigenvalue weighted by Crippen LogP contribution is 2.36. The van der Waals surface area contributed by atoms with Gasteiger partial charge in [0.15, 0.2) is 5.96 Å². The molecule has 1 aliphatic heterocycles.